The average molecular weight is 223 g/mol. The van der Waals surface area contributed by atoms with Crippen LogP contribution in [0.15, 0.2) is 0 Å². The third-order valence-electron chi connectivity index (χ3n) is 3.27. The van der Waals surface area contributed by atoms with Gasteiger partial charge in [0.1, 0.15) is 11.6 Å². The maximum atomic E-state index is 11.2. The zero-order valence-corrected chi connectivity index (χ0v) is 9.68. The molecule has 0 radical (unpaired) electrons. The number of carbonyl (C=O) groups is 1. The highest BCUT2D eigenvalue weighted by Crippen LogP contribution is 2.34. The Labute approximate surface area is 94.5 Å². The molecule has 0 bridgehead atoms. The van der Waals surface area contributed by atoms with Gasteiger partial charge in [-0.2, -0.15) is 5.10 Å². The van der Waals surface area contributed by atoms with Crippen molar-refractivity contribution in [3.8, 4) is 0 Å². The first-order valence-corrected chi connectivity index (χ1v) is 5.72. The van der Waals surface area contributed by atoms with Crippen LogP contribution in [-0.2, 0) is 4.79 Å². The Bertz CT molecular complexity index is 400. The van der Waals surface area contributed by atoms with E-state index < -0.39 is 5.97 Å². The Balaban J connectivity index is 2.29. The fourth-order valence-electron chi connectivity index (χ4n) is 2.54. The van der Waals surface area contributed by atoms with E-state index in [9.17, 15) is 9.90 Å². The van der Waals surface area contributed by atoms with E-state index in [-0.39, 0.29) is 12.0 Å². The molecule has 0 aromatic carbocycles. The number of carboxylic acids is 1. The van der Waals surface area contributed by atoms with Gasteiger partial charge < -0.3 is 5.11 Å². The van der Waals surface area contributed by atoms with E-state index in [1.807, 2.05) is 13.8 Å². The van der Waals surface area contributed by atoms with Crippen LogP contribution in [0.1, 0.15) is 43.4 Å². The van der Waals surface area contributed by atoms with Gasteiger partial charge in [-0.1, -0.05) is 12.8 Å². The maximum Gasteiger partial charge on any atom is 0.308 e. The van der Waals surface area contributed by atoms with Gasteiger partial charge in [0.15, 0.2) is 0 Å². The van der Waals surface area contributed by atoms with Crippen molar-refractivity contribution in [1.82, 2.24) is 14.8 Å². The first-order valence-electron chi connectivity index (χ1n) is 5.72. The molecule has 2 atom stereocenters. The van der Waals surface area contributed by atoms with Crippen molar-refractivity contribution < 1.29 is 9.90 Å². The molecule has 1 aliphatic carbocycles. The summed E-state index contributed by atoms with van der Waals surface area (Å²) in [6.45, 7) is 3.72. The predicted molar refractivity (Wildman–Crippen MR) is 58.1 cm³/mol. The Morgan fingerprint density at radius 3 is 2.62 bits per heavy atom. The zero-order valence-electron chi connectivity index (χ0n) is 9.68. The fourth-order valence-corrected chi connectivity index (χ4v) is 2.54. The molecule has 5 nitrogen and oxygen atoms in total. The molecule has 0 amide bonds. The molecule has 1 aromatic heterocycles. The van der Waals surface area contributed by atoms with Gasteiger partial charge in [0.25, 0.3) is 0 Å². The van der Waals surface area contributed by atoms with Crippen LogP contribution in [-0.4, -0.2) is 25.8 Å². The monoisotopic (exact) mass is 223 g/mol. The Hall–Kier alpha value is -1.39. The smallest absolute Gasteiger partial charge is 0.308 e. The van der Waals surface area contributed by atoms with Gasteiger partial charge in [0.05, 0.1) is 12.0 Å². The maximum absolute atomic E-state index is 11.2. The lowest BCUT2D eigenvalue weighted by atomic mass is 9.84. The number of hydrogen-bond donors (Lipinski definition) is 1. The summed E-state index contributed by atoms with van der Waals surface area (Å²) >= 11 is 0. The normalized spacial score (nSPS) is 25.6. The summed E-state index contributed by atoms with van der Waals surface area (Å²) in [5.41, 5.74) is 0. The molecule has 0 spiro atoms. The Kier molecular flexibility index (Phi) is 2.94. The minimum absolute atomic E-state index is 0.0209. The van der Waals surface area contributed by atoms with Crippen molar-refractivity contribution >= 4 is 5.97 Å². The van der Waals surface area contributed by atoms with Crippen LogP contribution < -0.4 is 0 Å². The van der Waals surface area contributed by atoms with E-state index in [4.69, 9.17) is 0 Å². The van der Waals surface area contributed by atoms with E-state index in [1.165, 1.54) is 0 Å². The molecular formula is C11H17N3O2. The third-order valence-corrected chi connectivity index (χ3v) is 3.27. The first-order chi connectivity index (χ1) is 7.59. The molecule has 1 aliphatic rings. The van der Waals surface area contributed by atoms with Crippen LogP contribution in [0.3, 0.4) is 0 Å². The quantitative estimate of drug-likeness (QED) is 0.828. The molecule has 2 unspecified atom stereocenters. The molecule has 1 heterocycles. The summed E-state index contributed by atoms with van der Waals surface area (Å²) in [4.78, 5) is 15.4. The second-order valence-electron chi connectivity index (χ2n) is 4.45. The number of aliphatic carboxylic acids is 1. The Morgan fingerprint density at radius 1 is 1.38 bits per heavy atom. The van der Waals surface area contributed by atoms with E-state index >= 15 is 0 Å². The SMILES string of the molecule is Cc1nc(C)n(C2CCCCC2C(=O)O)n1. The second-order valence-corrected chi connectivity index (χ2v) is 4.45. The van der Waals surface area contributed by atoms with Crippen LogP contribution in [0.4, 0.5) is 0 Å². The number of rotatable bonds is 2. The molecule has 0 saturated heterocycles. The number of hydrogen-bond acceptors (Lipinski definition) is 3. The van der Waals surface area contributed by atoms with E-state index in [1.54, 1.807) is 4.68 Å². The molecule has 1 fully saturated rings. The molecule has 1 aromatic rings. The minimum Gasteiger partial charge on any atom is -0.481 e. The van der Waals surface area contributed by atoms with Crippen LogP contribution in [0, 0.1) is 19.8 Å². The van der Waals surface area contributed by atoms with Crippen molar-refractivity contribution in [2.75, 3.05) is 0 Å². The van der Waals surface area contributed by atoms with Gasteiger partial charge in [-0.15, -0.1) is 0 Å². The molecule has 1 saturated carbocycles. The molecule has 16 heavy (non-hydrogen) atoms. The molecule has 5 heteroatoms. The molecule has 2 rings (SSSR count). The van der Waals surface area contributed by atoms with Crippen LogP contribution in [0.2, 0.25) is 0 Å². The van der Waals surface area contributed by atoms with Gasteiger partial charge in [-0.3, -0.25) is 4.79 Å². The summed E-state index contributed by atoms with van der Waals surface area (Å²) in [6.07, 6.45) is 3.71. The number of aromatic nitrogens is 3. The number of carboxylic acid groups (broad SMARTS) is 1. The summed E-state index contributed by atoms with van der Waals surface area (Å²) in [5.74, 6) is 0.508. The van der Waals surface area contributed by atoms with Gasteiger partial charge in [0, 0.05) is 0 Å². The highest BCUT2D eigenvalue weighted by atomic mass is 16.4. The fraction of sp³-hybridized carbons (Fsp3) is 0.727. The number of aryl methyl sites for hydroxylation is 2. The molecule has 88 valence electrons. The van der Waals surface area contributed by atoms with Gasteiger partial charge in [-0.05, 0) is 26.7 Å². The summed E-state index contributed by atoms with van der Waals surface area (Å²) in [7, 11) is 0. The second kappa shape index (κ2) is 4.23. The van der Waals surface area contributed by atoms with Gasteiger partial charge in [-0.25, -0.2) is 9.67 Å². The van der Waals surface area contributed by atoms with Crippen molar-refractivity contribution in [3.63, 3.8) is 0 Å². The van der Waals surface area contributed by atoms with E-state index in [0.29, 0.717) is 5.82 Å². The van der Waals surface area contributed by atoms with Crippen molar-refractivity contribution in [1.29, 1.82) is 0 Å². The van der Waals surface area contributed by atoms with Crippen molar-refractivity contribution in [2.24, 2.45) is 5.92 Å². The molecule has 0 aliphatic heterocycles. The highest BCUT2D eigenvalue weighted by molar-refractivity contribution is 5.70. The van der Waals surface area contributed by atoms with Crippen LogP contribution >= 0.6 is 0 Å². The lowest BCUT2D eigenvalue weighted by Gasteiger charge is -2.29. The average Bonchev–Trinajstić information content (AvgIpc) is 2.57. The lowest BCUT2D eigenvalue weighted by Crippen LogP contribution is -2.30. The largest absolute Gasteiger partial charge is 0.481 e. The summed E-state index contributed by atoms with van der Waals surface area (Å²) in [6, 6.07) is -0.0209. The Morgan fingerprint density at radius 2 is 2.06 bits per heavy atom. The van der Waals surface area contributed by atoms with Crippen molar-refractivity contribution in [3.05, 3.63) is 11.6 Å². The third kappa shape index (κ3) is 1.94. The van der Waals surface area contributed by atoms with Crippen LogP contribution in [0.5, 0.6) is 0 Å². The first kappa shape index (κ1) is 11.1. The van der Waals surface area contributed by atoms with Crippen LogP contribution in [0.25, 0.3) is 0 Å². The van der Waals surface area contributed by atoms with Gasteiger partial charge in [0.2, 0.25) is 0 Å². The summed E-state index contributed by atoms with van der Waals surface area (Å²) in [5, 5.41) is 13.5. The molecular weight excluding hydrogens is 206 g/mol. The van der Waals surface area contributed by atoms with Crippen molar-refractivity contribution in [2.45, 2.75) is 45.6 Å². The van der Waals surface area contributed by atoms with E-state index in [0.717, 1.165) is 31.5 Å². The van der Waals surface area contributed by atoms with Gasteiger partial charge >= 0.3 is 5.97 Å². The topological polar surface area (TPSA) is 68.0 Å². The standard InChI is InChI=1S/C11H17N3O2/c1-7-12-8(2)14(13-7)10-6-4-3-5-9(10)11(15)16/h9-10H,3-6H2,1-2H3,(H,15,16). The highest BCUT2D eigenvalue weighted by Gasteiger charge is 2.33. The number of nitrogens with zero attached hydrogens (tertiary/aromatic N) is 3. The van der Waals surface area contributed by atoms with E-state index in [2.05, 4.69) is 10.1 Å². The minimum atomic E-state index is -0.711. The predicted octanol–water partition coefficient (Wildman–Crippen LogP) is 1.71. The molecule has 1 N–H and O–H groups in total. The zero-order chi connectivity index (χ0) is 11.7. The summed E-state index contributed by atoms with van der Waals surface area (Å²) < 4.78 is 1.80. The lowest BCUT2D eigenvalue weighted by molar-refractivity contribution is -0.144.